The number of fused-ring (bicyclic) bond motifs is 3. The summed E-state index contributed by atoms with van der Waals surface area (Å²) in [6.07, 6.45) is -0.522. The third-order valence-corrected chi connectivity index (χ3v) is 7.24. The molecule has 1 unspecified atom stereocenters. The number of hydrogen-bond donors (Lipinski definition) is 2. The van der Waals surface area contributed by atoms with Crippen LogP contribution in [0.3, 0.4) is 0 Å². The number of thioether (sulfide) groups is 1. The number of amides is 2. The highest BCUT2D eigenvalue weighted by atomic mass is 32.2. The van der Waals surface area contributed by atoms with Gasteiger partial charge in [0.05, 0.1) is 12.5 Å². The Morgan fingerprint density at radius 3 is 2.39 bits per heavy atom. The van der Waals surface area contributed by atoms with Gasteiger partial charge in [0.1, 0.15) is 6.61 Å². The number of alkyl carbamates (subject to hydrolysis) is 1. The van der Waals surface area contributed by atoms with Crippen molar-refractivity contribution in [1.82, 2.24) is 10.2 Å². The van der Waals surface area contributed by atoms with Crippen molar-refractivity contribution in [1.29, 1.82) is 0 Å². The van der Waals surface area contributed by atoms with Gasteiger partial charge in [-0.25, -0.2) is 4.79 Å². The lowest BCUT2D eigenvalue weighted by Gasteiger charge is -2.35. The Bertz CT molecular complexity index is 997. The molecule has 1 fully saturated rings. The van der Waals surface area contributed by atoms with Crippen molar-refractivity contribution in [2.75, 3.05) is 24.7 Å². The van der Waals surface area contributed by atoms with Crippen molar-refractivity contribution in [3.05, 3.63) is 59.7 Å². The van der Waals surface area contributed by atoms with E-state index in [0.29, 0.717) is 12.3 Å². The number of rotatable bonds is 7. The van der Waals surface area contributed by atoms with E-state index < -0.39 is 18.1 Å². The zero-order valence-corrected chi connectivity index (χ0v) is 19.3. The molecule has 4 rings (SSSR count). The van der Waals surface area contributed by atoms with E-state index in [1.807, 2.05) is 24.3 Å². The molecule has 0 saturated carbocycles. The predicted octanol–water partition coefficient (Wildman–Crippen LogP) is 3.72. The van der Waals surface area contributed by atoms with E-state index in [1.165, 1.54) is 0 Å². The molecule has 2 amide bonds. The van der Waals surface area contributed by atoms with Crippen molar-refractivity contribution in [2.45, 2.75) is 37.8 Å². The topological polar surface area (TPSA) is 95.9 Å². The van der Waals surface area contributed by atoms with Gasteiger partial charge in [0.2, 0.25) is 5.91 Å². The minimum atomic E-state index is -0.912. The zero-order chi connectivity index (χ0) is 23.4. The van der Waals surface area contributed by atoms with Crippen molar-refractivity contribution in [2.24, 2.45) is 0 Å². The summed E-state index contributed by atoms with van der Waals surface area (Å²) in [5.74, 6) is 0.322. The number of nitrogens with zero attached hydrogens (tertiary/aromatic N) is 1. The quantitative estimate of drug-likeness (QED) is 0.643. The molecule has 8 heteroatoms. The van der Waals surface area contributed by atoms with Crippen LogP contribution in [0.1, 0.15) is 36.8 Å². The van der Waals surface area contributed by atoms with Crippen LogP contribution in [0.5, 0.6) is 0 Å². The first-order valence-electron chi connectivity index (χ1n) is 11.1. The number of hydrogen-bond acceptors (Lipinski definition) is 5. The fourth-order valence-corrected chi connectivity index (χ4v) is 5.69. The number of carboxylic acids is 1. The summed E-state index contributed by atoms with van der Waals surface area (Å²) in [6.45, 7) is 2.49. The van der Waals surface area contributed by atoms with Crippen LogP contribution in [0.25, 0.3) is 11.1 Å². The molecule has 0 bridgehead atoms. The van der Waals surface area contributed by atoms with Crippen LogP contribution >= 0.6 is 11.8 Å². The van der Waals surface area contributed by atoms with E-state index in [9.17, 15) is 14.4 Å². The number of carbonyl (C=O) groups is 3. The first-order valence-corrected chi connectivity index (χ1v) is 12.3. The Morgan fingerprint density at radius 1 is 1.12 bits per heavy atom. The molecule has 0 spiro atoms. The fourth-order valence-electron chi connectivity index (χ4n) is 4.63. The van der Waals surface area contributed by atoms with E-state index in [4.69, 9.17) is 9.84 Å². The number of carboxylic acid groups (broad SMARTS) is 1. The third kappa shape index (κ3) is 5.33. The largest absolute Gasteiger partial charge is 0.481 e. The van der Waals surface area contributed by atoms with Gasteiger partial charge in [0, 0.05) is 36.4 Å². The van der Waals surface area contributed by atoms with E-state index in [1.54, 1.807) is 23.6 Å². The number of benzene rings is 2. The smallest absolute Gasteiger partial charge is 0.407 e. The van der Waals surface area contributed by atoms with Crippen molar-refractivity contribution >= 4 is 29.7 Å². The lowest BCUT2D eigenvalue weighted by Crippen LogP contribution is -2.49. The van der Waals surface area contributed by atoms with E-state index >= 15 is 0 Å². The summed E-state index contributed by atoms with van der Waals surface area (Å²) in [7, 11) is 0. The predicted molar refractivity (Wildman–Crippen MR) is 127 cm³/mol. The second kappa shape index (κ2) is 10.3. The second-order valence-electron chi connectivity index (χ2n) is 8.49. The van der Waals surface area contributed by atoms with Crippen molar-refractivity contribution in [3.8, 4) is 11.1 Å². The number of ether oxygens (including phenoxy) is 1. The summed E-state index contributed by atoms with van der Waals surface area (Å²) in [5.41, 5.74) is 4.61. The highest BCUT2D eigenvalue weighted by Gasteiger charge is 2.31. The molecule has 174 valence electrons. The van der Waals surface area contributed by atoms with Gasteiger partial charge in [-0.3, -0.25) is 9.59 Å². The first kappa shape index (κ1) is 23.2. The normalized spacial score (nSPS) is 18.2. The van der Waals surface area contributed by atoms with Gasteiger partial charge in [-0.1, -0.05) is 48.5 Å². The minimum Gasteiger partial charge on any atom is -0.481 e. The molecule has 2 aliphatic rings. The zero-order valence-electron chi connectivity index (χ0n) is 18.5. The second-order valence-corrected chi connectivity index (χ2v) is 9.64. The molecule has 2 atom stereocenters. The van der Waals surface area contributed by atoms with Crippen LogP contribution in [0, 0.1) is 0 Å². The molecule has 2 aromatic carbocycles. The summed E-state index contributed by atoms with van der Waals surface area (Å²) in [6, 6.07) is 15.5. The lowest BCUT2D eigenvalue weighted by atomic mass is 9.98. The van der Waals surface area contributed by atoms with Crippen LogP contribution in [-0.4, -0.2) is 64.7 Å². The summed E-state index contributed by atoms with van der Waals surface area (Å²) < 4.78 is 5.56. The Hall–Kier alpha value is -3.00. The minimum absolute atomic E-state index is 0.0253. The summed E-state index contributed by atoms with van der Waals surface area (Å²) >= 11 is 1.66. The number of carbonyl (C=O) groups excluding carboxylic acids is 2. The van der Waals surface area contributed by atoms with Crippen molar-refractivity contribution < 1.29 is 24.2 Å². The maximum atomic E-state index is 12.8. The van der Waals surface area contributed by atoms with E-state index in [2.05, 4.69) is 29.6 Å². The lowest BCUT2D eigenvalue weighted by molar-refractivity contribution is -0.140. The summed E-state index contributed by atoms with van der Waals surface area (Å²) in [4.78, 5) is 38.0. The standard InChI is InChI=1S/C25H28N2O5S/c1-16(12-23(28)27-10-11-33-15-17(27)13-24(29)30)26-25(31)32-14-22-20-8-4-2-6-18(20)19-7-3-5-9-21(19)22/h2-9,16-17,22H,10-15H2,1H3,(H,26,31)(H,29,30)/t16-,17?/m1/s1. The van der Waals surface area contributed by atoms with Gasteiger partial charge in [0.15, 0.2) is 0 Å². The number of aliphatic carboxylic acids is 1. The number of nitrogens with one attached hydrogen (secondary N) is 1. The van der Waals surface area contributed by atoms with Gasteiger partial charge in [-0.15, -0.1) is 0 Å². The maximum Gasteiger partial charge on any atom is 0.407 e. The van der Waals surface area contributed by atoms with Gasteiger partial charge < -0.3 is 20.1 Å². The van der Waals surface area contributed by atoms with Crippen LogP contribution in [0.15, 0.2) is 48.5 Å². The third-order valence-electron chi connectivity index (χ3n) is 6.15. The van der Waals surface area contributed by atoms with Gasteiger partial charge in [-0.05, 0) is 29.2 Å². The van der Waals surface area contributed by atoms with Crippen LogP contribution in [-0.2, 0) is 14.3 Å². The molecule has 33 heavy (non-hydrogen) atoms. The average molecular weight is 469 g/mol. The maximum absolute atomic E-state index is 12.8. The Kier molecular flexibility index (Phi) is 7.23. The van der Waals surface area contributed by atoms with Crippen molar-refractivity contribution in [3.63, 3.8) is 0 Å². The highest BCUT2D eigenvalue weighted by molar-refractivity contribution is 7.99. The molecule has 1 heterocycles. The molecular formula is C25H28N2O5S. The van der Waals surface area contributed by atoms with E-state index in [0.717, 1.165) is 28.0 Å². The van der Waals surface area contributed by atoms with E-state index in [-0.39, 0.29) is 37.3 Å². The SMILES string of the molecule is C[C@H](CC(=O)N1CCSCC1CC(=O)O)NC(=O)OCC1c2ccccc2-c2ccccc21. The summed E-state index contributed by atoms with van der Waals surface area (Å²) in [5, 5.41) is 11.9. The van der Waals surface area contributed by atoms with Gasteiger partial charge >= 0.3 is 12.1 Å². The Balaban J connectivity index is 1.31. The molecule has 7 nitrogen and oxygen atoms in total. The monoisotopic (exact) mass is 468 g/mol. The van der Waals surface area contributed by atoms with Crippen LogP contribution in [0.4, 0.5) is 4.79 Å². The average Bonchev–Trinajstić information content (AvgIpc) is 3.11. The van der Waals surface area contributed by atoms with Crippen LogP contribution < -0.4 is 5.32 Å². The van der Waals surface area contributed by atoms with Gasteiger partial charge in [-0.2, -0.15) is 11.8 Å². The Morgan fingerprint density at radius 2 is 1.76 bits per heavy atom. The molecule has 2 N–H and O–H groups in total. The van der Waals surface area contributed by atoms with Crippen LogP contribution in [0.2, 0.25) is 0 Å². The Labute approximate surface area is 197 Å². The highest BCUT2D eigenvalue weighted by Crippen LogP contribution is 2.44. The molecular weight excluding hydrogens is 440 g/mol. The first-order chi connectivity index (χ1) is 15.9. The molecule has 0 aromatic heterocycles. The molecule has 2 aromatic rings. The molecule has 0 radical (unpaired) electrons. The van der Waals surface area contributed by atoms with Gasteiger partial charge in [0.25, 0.3) is 0 Å². The molecule has 1 aliphatic carbocycles. The fraction of sp³-hybridized carbons (Fsp3) is 0.400. The molecule has 1 saturated heterocycles. The molecule has 1 aliphatic heterocycles.